The van der Waals surface area contributed by atoms with Crippen LogP contribution in [0.3, 0.4) is 0 Å². The van der Waals surface area contributed by atoms with Gasteiger partial charge < -0.3 is 10.1 Å². The first-order valence-corrected chi connectivity index (χ1v) is 8.40. The van der Waals surface area contributed by atoms with Gasteiger partial charge in [0.1, 0.15) is 0 Å². The van der Waals surface area contributed by atoms with Crippen LogP contribution >= 0.6 is 0 Å². The van der Waals surface area contributed by atoms with Gasteiger partial charge in [0.05, 0.1) is 6.10 Å². The summed E-state index contributed by atoms with van der Waals surface area (Å²) >= 11 is 0. The van der Waals surface area contributed by atoms with Gasteiger partial charge in [-0.2, -0.15) is 0 Å². The molecule has 0 saturated heterocycles. The molecule has 19 heavy (non-hydrogen) atoms. The Morgan fingerprint density at radius 3 is 2.16 bits per heavy atom. The van der Waals surface area contributed by atoms with Crippen LogP contribution in [-0.2, 0) is 4.74 Å². The van der Waals surface area contributed by atoms with Crippen molar-refractivity contribution in [2.75, 3.05) is 13.7 Å². The van der Waals surface area contributed by atoms with Gasteiger partial charge in [0.25, 0.3) is 0 Å². The third-order valence-electron chi connectivity index (χ3n) is 4.89. The van der Waals surface area contributed by atoms with Gasteiger partial charge in [-0.05, 0) is 43.6 Å². The van der Waals surface area contributed by atoms with E-state index >= 15 is 0 Å². The van der Waals surface area contributed by atoms with Crippen molar-refractivity contribution in [3.8, 4) is 0 Å². The summed E-state index contributed by atoms with van der Waals surface area (Å²) in [7, 11) is 1.88. The second-order valence-electron chi connectivity index (χ2n) is 6.61. The molecular formula is C17H35NO. The van der Waals surface area contributed by atoms with E-state index in [9.17, 15) is 0 Å². The molecule has 1 fully saturated rings. The molecule has 0 amide bonds. The standard InChI is InChI=1S/C17H35NO/c1-6-12-18-16(17(19-5)13(3)4)15-10-8-14(7-2)9-11-15/h13-18H,6-12H2,1-5H3. The SMILES string of the molecule is CCCNC(C1CCC(CC)CC1)C(OC)C(C)C. The van der Waals surface area contributed by atoms with Crippen molar-refractivity contribution in [2.45, 2.75) is 78.4 Å². The zero-order chi connectivity index (χ0) is 14.3. The molecule has 114 valence electrons. The summed E-state index contributed by atoms with van der Waals surface area (Å²) in [6.45, 7) is 10.3. The molecule has 0 bridgehead atoms. The number of ether oxygens (including phenoxy) is 1. The van der Waals surface area contributed by atoms with Crippen LogP contribution in [0.2, 0.25) is 0 Å². The van der Waals surface area contributed by atoms with E-state index in [0.717, 1.165) is 18.4 Å². The van der Waals surface area contributed by atoms with Crippen LogP contribution < -0.4 is 5.32 Å². The molecule has 1 aliphatic carbocycles. The summed E-state index contributed by atoms with van der Waals surface area (Å²) in [5, 5.41) is 3.78. The maximum absolute atomic E-state index is 5.81. The maximum Gasteiger partial charge on any atom is 0.0749 e. The van der Waals surface area contributed by atoms with E-state index in [4.69, 9.17) is 4.74 Å². The van der Waals surface area contributed by atoms with Crippen LogP contribution in [0.5, 0.6) is 0 Å². The van der Waals surface area contributed by atoms with Crippen molar-refractivity contribution < 1.29 is 4.74 Å². The molecule has 1 rings (SSSR count). The van der Waals surface area contributed by atoms with E-state index in [-0.39, 0.29) is 0 Å². The first kappa shape index (κ1) is 17.0. The lowest BCUT2D eigenvalue weighted by molar-refractivity contribution is 0.00562. The van der Waals surface area contributed by atoms with Crippen molar-refractivity contribution in [3.63, 3.8) is 0 Å². The molecule has 1 N–H and O–H groups in total. The number of rotatable bonds is 8. The number of nitrogens with one attached hydrogen (secondary N) is 1. The smallest absolute Gasteiger partial charge is 0.0749 e. The molecule has 0 aromatic rings. The van der Waals surface area contributed by atoms with Gasteiger partial charge >= 0.3 is 0 Å². The highest BCUT2D eigenvalue weighted by Gasteiger charge is 2.33. The number of hydrogen-bond acceptors (Lipinski definition) is 2. The highest BCUT2D eigenvalue weighted by atomic mass is 16.5. The largest absolute Gasteiger partial charge is 0.380 e. The summed E-state index contributed by atoms with van der Waals surface area (Å²) in [6.07, 6.45) is 8.51. The molecular weight excluding hydrogens is 234 g/mol. The van der Waals surface area contributed by atoms with Gasteiger partial charge in [0.15, 0.2) is 0 Å². The van der Waals surface area contributed by atoms with E-state index in [1.807, 2.05) is 7.11 Å². The molecule has 0 aromatic carbocycles. The Morgan fingerprint density at radius 2 is 1.74 bits per heavy atom. The van der Waals surface area contributed by atoms with E-state index in [1.54, 1.807) is 0 Å². The molecule has 0 aromatic heterocycles. The van der Waals surface area contributed by atoms with E-state index in [1.165, 1.54) is 38.5 Å². The minimum absolute atomic E-state index is 0.356. The van der Waals surface area contributed by atoms with Crippen LogP contribution in [-0.4, -0.2) is 25.8 Å². The van der Waals surface area contributed by atoms with Crippen molar-refractivity contribution in [1.29, 1.82) is 0 Å². The van der Waals surface area contributed by atoms with Crippen molar-refractivity contribution in [1.82, 2.24) is 5.32 Å². The Hall–Kier alpha value is -0.0800. The monoisotopic (exact) mass is 269 g/mol. The minimum atomic E-state index is 0.356. The second kappa shape index (κ2) is 8.97. The Labute approximate surface area is 120 Å². The molecule has 2 nitrogen and oxygen atoms in total. The van der Waals surface area contributed by atoms with Crippen LogP contribution in [0, 0.1) is 17.8 Å². The summed E-state index contributed by atoms with van der Waals surface area (Å²) in [6, 6.07) is 0.544. The molecule has 0 heterocycles. The van der Waals surface area contributed by atoms with Crippen LogP contribution in [0.25, 0.3) is 0 Å². The lowest BCUT2D eigenvalue weighted by Gasteiger charge is -2.39. The fraction of sp³-hybridized carbons (Fsp3) is 1.00. The van der Waals surface area contributed by atoms with Gasteiger partial charge in [-0.1, -0.05) is 47.0 Å². The van der Waals surface area contributed by atoms with Gasteiger partial charge in [-0.15, -0.1) is 0 Å². The molecule has 2 unspecified atom stereocenters. The van der Waals surface area contributed by atoms with Gasteiger partial charge in [-0.25, -0.2) is 0 Å². The zero-order valence-electron chi connectivity index (χ0n) is 13.7. The fourth-order valence-electron chi connectivity index (χ4n) is 3.65. The summed E-state index contributed by atoms with van der Waals surface area (Å²) in [4.78, 5) is 0. The van der Waals surface area contributed by atoms with Gasteiger partial charge in [-0.3, -0.25) is 0 Å². The molecule has 0 radical (unpaired) electrons. The normalized spacial score (nSPS) is 27.5. The van der Waals surface area contributed by atoms with Crippen LogP contribution in [0.1, 0.15) is 66.2 Å². The van der Waals surface area contributed by atoms with Gasteiger partial charge in [0, 0.05) is 13.2 Å². The quantitative estimate of drug-likeness (QED) is 0.711. The average Bonchev–Trinajstić information content (AvgIpc) is 2.43. The predicted octanol–water partition coefficient (Wildman–Crippen LogP) is 4.24. The first-order chi connectivity index (χ1) is 9.13. The Balaban J connectivity index is 2.62. The third-order valence-corrected chi connectivity index (χ3v) is 4.89. The lowest BCUT2D eigenvalue weighted by atomic mass is 9.75. The second-order valence-corrected chi connectivity index (χ2v) is 6.61. The summed E-state index contributed by atoms with van der Waals surface area (Å²) in [5.41, 5.74) is 0. The Morgan fingerprint density at radius 1 is 1.11 bits per heavy atom. The zero-order valence-corrected chi connectivity index (χ0v) is 13.7. The van der Waals surface area contributed by atoms with E-state index in [0.29, 0.717) is 18.1 Å². The molecule has 2 heteroatoms. The molecule has 2 atom stereocenters. The van der Waals surface area contributed by atoms with Crippen molar-refractivity contribution >= 4 is 0 Å². The number of methoxy groups -OCH3 is 1. The average molecular weight is 269 g/mol. The predicted molar refractivity (Wildman–Crippen MR) is 83.5 cm³/mol. The fourth-order valence-corrected chi connectivity index (χ4v) is 3.65. The Kier molecular flexibility index (Phi) is 8.01. The topological polar surface area (TPSA) is 21.3 Å². The molecule has 0 spiro atoms. The van der Waals surface area contributed by atoms with Crippen LogP contribution in [0.4, 0.5) is 0 Å². The van der Waals surface area contributed by atoms with Crippen LogP contribution in [0.15, 0.2) is 0 Å². The minimum Gasteiger partial charge on any atom is -0.380 e. The molecule has 1 saturated carbocycles. The highest BCUT2D eigenvalue weighted by molar-refractivity contribution is 4.88. The summed E-state index contributed by atoms with van der Waals surface area (Å²) in [5.74, 6) is 2.37. The Bertz CT molecular complexity index is 221. The molecule has 0 aliphatic heterocycles. The van der Waals surface area contributed by atoms with Crippen molar-refractivity contribution in [2.24, 2.45) is 17.8 Å². The number of hydrogen-bond donors (Lipinski definition) is 1. The lowest BCUT2D eigenvalue weighted by Crippen LogP contribution is -2.49. The maximum atomic E-state index is 5.81. The first-order valence-electron chi connectivity index (χ1n) is 8.40. The molecule has 1 aliphatic rings. The van der Waals surface area contributed by atoms with Crippen molar-refractivity contribution in [3.05, 3.63) is 0 Å². The highest BCUT2D eigenvalue weighted by Crippen LogP contribution is 2.34. The van der Waals surface area contributed by atoms with Gasteiger partial charge in [0.2, 0.25) is 0 Å². The summed E-state index contributed by atoms with van der Waals surface area (Å²) < 4.78 is 5.81. The third kappa shape index (κ3) is 5.07. The van der Waals surface area contributed by atoms with E-state index in [2.05, 4.69) is 33.0 Å². The van der Waals surface area contributed by atoms with E-state index < -0.39 is 0 Å².